The summed E-state index contributed by atoms with van der Waals surface area (Å²) < 4.78 is 12.9. The highest BCUT2D eigenvalue weighted by Crippen LogP contribution is 2.10. The van der Waals surface area contributed by atoms with Gasteiger partial charge in [0.2, 0.25) is 0 Å². The predicted molar refractivity (Wildman–Crippen MR) is 70.9 cm³/mol. The minimum Gasteiger partial charge on any atom is -0.352 e. The van der Waals surface area contributed by atoms with Crippen LogP contribution in [0.3, 0.4) is 0 Å². The summed E-state index contributed by atoms with van der Waals surface area (Å²) in [5, 5.41) is 2.84. The molecule has 0 heterocycles. The van der Waals surface area contributed by atoms with Crippen molar-refractivity contribution in [2.75, 3.05) is 13.1 Å². The van der Waals surface area contributed by atoms with E-state index in [9.17, 15) is 9.18 Å². The highest BCUT2D eigenvalue weighted by atomic mass is 19.1. The molecule has 1 aromatic carbocycles. The second-order valence-electron chi connectivity index (χ2n) is 4.70. The number of hydrogen-bond donors (Lipinski definition) is 2. The number of aryl methyl sites for hydroxylation is 1. The molecule has 0 saturated carbocycles. The lowest BCUT2D eigenvalue weighted by atomic mass is 10.1. The summed E-state index contributed by atoms with van der Waals surface area (Å²) in [6, 6.07) is 4.19. The molecule has 4 heteroatoms. The van der Waals surface area contributed by atoms with Gasteiger partial charge in [-0.1, -0.05) is 6.92 Å². The van der Waals surface area contributed by atoms with Gasteiger partial charge in [-0.15, -0.1) is 0 Å². The van der Waals surface area contributed by atoms with Crippen molar-refractivity contribution in [1.29, 1.82) is 0 Å². The zero-order chi connectivity index (χ0) is 13.5. The Labute approximate surface area is 108 Å². The quantitative estimate of drug-likeness (QED) is 0.763. The van der Waals surface area contributed by atoms with Gasteiger partial charge in [-0.3, -0.25) is 4.79 Å². The number of amides is 1. The lowest BCUT2D eigenvalue weighted by Crippen LogP contribution is -2.26. The zero-order valence-corrected chi connectivity index (χ0v) is 11.0. The molecule has 0 aliphatic carbocycles. The molecule has 1 rings (SSSR count). The first-order valence-electron chi connectivity index (χ1n) is 6.29. The number of benzene rings is 1. The minimum absolute atomic E-state index is 0.145. The summed E-state index contributed by atoms with van der Waals surface area (Å²) in [6.45, 7) is 5.12. The summed E-state index contributed by atoms with van der Waals surface area (Å²) in [7, 11) is 0. The van der Waals surface area contributed by atoms with Crippen LogP contribution in [0, 0.1) is 18.7 Å². The maximum atomic E-state index is 12.9. The van der Waals surface area contributed by atoms with E-state index in [2.05, 4.69) is 12.2 Å². The average Bonchev–Trinajstić information content (AvgIpc) is 2.34. The number of nitrogens with one attached hydrogen (secondary N) is 1. The molecule has 100 valence electrons. The van der Waals surface area contributed by atoms with Crippen LogP contribution in [0.2, 0.25) is 0 Å². The number of carbonyl (C=O) groups is 1. The molecule has 0 saturated heterocycles. The molecule has 1 amide bonds. The number of rotatable bonds is 6. The normalized spacial score (nSPS) is 12.2. The molecule has 0 aliphatic heterocycles. The maximum absolute atomic E-state index is 12.9. The Balaban J connectivity index is 2.41. The van der Waals surface area contributed by atoms with Gasteiger partial charge < -0.3 is 11.1 Å². The van der Waals surface area contributed by atoms with Crippen LogP contribution >= 0.6 is 0 Å². The number of nitrogens with two attached hydrogens (primary N) is 1. The number of hydrogen-bond acceptors (Lipinski definition) is 2. The second kappa shape index (κ2) is 7.11. The fraction of sp³-hybridized carbons (Fsp3) is 0.500. The summed E-state index contributed by atoms with van der Waals surface area (Å²) >= 11 is 0. The molecule has 0 aromatic heterocycles. The smallest absolute Gasteiger partial charge is 0.251 e. The Morgan fingerprint density at radius 3 is 2.83 bits per heavy atom. The monoisotopic (exact) mass is 252 g/mol. The average molecular weight is 252 g/mol. The molecule has 18 heavy (non-hydrogen) atoms. The number of halogens is 1. The van der Waals surface area contributed by atoms with Crippen LogP contribution in [0.5, 0.6) is 0 Å². The second-order valence-corrected chi connectivity index (χ2v) is 4.70. The van der Waals surface area contributed by atoms with Crippen LogP contribution in [0.15, 0.2) is 18.2 Å². The van der Waals surface area contributed by atoms with Crippen molar-refractivity contribution in [2.45, 2.75) is 26.7 Å². The molecule has 0 radical (unpaired) electrons. The van der Waals surface area contributed by atoms with E-state index < -0.39 is 0 Å². The lowest BCUT2D eigenvalue weighted by Gasteiger charge is -2.10. The van der Waals surface area contributed by atoms with Gasteiger partial charge in [0.15, 0.2) is 0 Å². The lowest BCUT2D eigenvalue weighted by molar-refractivity contribution is 0.0952. The molecule has 0 fully saturated rings. The fourth-order valence-electron chi connectivity index (χ4n) is 1.75. The number of carbonyl (C=O) groups excluding carboxylic acids is 1. The van der Waals surface area contributed by atoms with Gasteiger partial charge in [0.05, 0.1) is 0 Å². The van der Waals surface area contributed by atoms with E-state index in [1.807, 2.05) is 0 Å². The molecule has 3 nitrogen and oxygen atoms in total. The third kappa shape index (κ3) is 4.45. The van der Waals surface area contributed by atoms with Crippen LogP contribution in [0.1, 0.15) is 35.7 Å². The van der Waals surface area contributed by atoms with Crippen LogP contribution in [-0.4, -0.2) is 19.0 Å². The maximum Gasteiger partial charge on any atom is 0.251 e. The van der Waals surface area contributed by atoms with Crippen molar-refractivity contribution in [1.82, 2.24) is 5.32 Å². The summed E-state index contributed by atoms with van der Waals surface area (Å²) in [5.41, 5.74) is 6.70. The highest BCUT2D eigenvalue weighted by Gasteiger charge is 2.09. The van der Waals surface area contributed by atoms with Gasteiger partial charge in [0, 0.05) is 12.1 Å². The van der Waals surface area contributed by atoms with Gasteiger partial charge in [0.25, 0.3) is 5.91 Å². The third-order valence-corrected chi connectivity index (χ3v) is 2.99. The van der Waals surface area contributed by atoms with E-state index in [0.717, 1.165) is 12.8 Å². The fourth-order valence-corrected chi connectivity index (χ4v) is 1.75. The van der Waals surface area contributed by atoms with Crippen molar-refractivity contribution in [3.63, 3.8) is 0 Å². The molecule has 0 spiro atoms. The van der Waals surface area contributed by atoms with E-state index in [1.165, 1.54) is 18.2 Å². The molecule has 0 aliphatic rings. The van der Waals surface area contributed by atoms with E-state index in [0.29, 0.717) is 30.1 Å². The Morgan fingerprint density at radius 2 is 2.22 bits per heavy atom. The van der Waals surface area contributed by atoms with Gasteiger partial charge in [0.1, 0.15) is 5.82 Å². The first-order chi connectivity index (χ1) is 8.54. The van der Waals surface area contributed by atoms with Crippen LogP contribution in [0.4, 0.5) is 4.39 Å². The van der Waals surface area contributed by atoms with Crippen molar-refractivity contribution in [3.8, 4) is 0 Å². The topological polar surface area (TPSA) is 55.1 Å². The predicted octanol–water partition coefficient (Wildman–Crippen LogP) is 2.24. The van der Waals surface area contributed by atoms with Crippen molar-refractivity contribution < 1.29 is 9.18 Å². The molecule has 0 bridgehead atoms. The van der Waals surface area contributed by atoms with Crippen molar-refractivity contribution in [2.24, 2.45) is 11.7 Å². The van der Waals surface area contributed by atoms with Crippen LogP contribution < -0.4 is 11.1 Å². The Morgan fingerprint density at radius 1 is 1.50 bits per heavy atom. The zero-order valence-electron chi connectivity index (χ0n) is 11.0. The summed E-state index contributed by atoms with van der Waals surface area (Å²) in [4.78, 5) is 11.8. The van der Waals surface area contributed by atoms with Gasteiger partial charge in [-0.25, -0.2) is 4.39 Å². The summed E-state index contributed by atoms with van der Waals surface area (Å²) in [6.07, 6.45) is 1.91. The minimum atomic E-state index is -0.319. The third-order valence-electron chi connectivity index (χ3n) is 2.99. The Hall–Kier alpha value is -1.42. The molecule has 1 aromatic rings. The van der Waals surface area contributed by atoms with Crippen molar-refractivity contribution >= 4 is 5.91 Å². The van der Waals surface area contributed by atoms with Crippen LogP contribution in [-0.2, 0) is 0 Å². The van der Waals surface area contributed by atoms with E-state index in [4.69, 9.17) is 5.73 Å². The molecular formula is C14H21FN2O. The van der Waals surface area contributed by atoms with Gasteiger partial charge >= 0.3 is 0 Å². The van der Waals surface area contributed by atoms with Gasteiger partial charge in [-0.05, 0) is 56.0 Å². The van der Waals surface area contributed by atoms with E-state index >= 15 is 0 Å². The van der Waals surface area contributed by atoms with Crippen molar-refractivity contribution in [3.05, 3.63) is 35.1 Å². The molecule has 3 N–H and O–H groups in total. The Bertz CT molecular complexity index is 407. The first kappa shape index (κ1) is 14.6. The van der Waals surface area contributed by atoms with Gasteiger partial charge in [-0.2, -0.15) is 0 Å². The summed E-state index contributed by atoms with van der Waals surface area (Å²) in [5.74, 6) is 0.0168. The van der Waals surface area contributed by atoms with E-state index in [-0.39, 0.29) is 11.7 Å². The molecule has 1 atom stereocenters. The first-order valence-corrected chi connectivity index (χ1v) is 6.29. The highest BCUT2D eigenvalue weighted by molar-refractivity contribution is 5.95. The van der Waals surface area contributed by atoms with E-state index in [1.54, 1.807) is 6.92 Å². The standard InChI is InChI=1S/C14H21FN2O/c1-10(9-16)4-3-7-17-14(18)13-6-5-12(15)8-11(13)2/h5-6,8,10H,3-4,7,9,16H2,1-2H3,(H,17,18). The molecular weight excluding hydrogens is 231 g/mol. The SMILES string of the molecule is Cc1cc(F)ccc1C(=O)NCCCC(C)CN. The molecule has 1 unspecified atom stereocenters. The largest absolute Gasteiger partial charge is 0.352 e. The Kier molecular flexibility index (Phi) is 5.78. The van der Waals surface area contributed by atoms with Crippen LogP contribution in [0.25, 0.3) is 0 Å².